The van der Waals surface area contributed by atoms with E-state index in [1.807, 2.05) is 6.07 Å². The summed E-state index contributed by atoms with van der Waals surface area (Å²) in [5, 5.41) is 7.47. The second kappa shape index (κ2) is 8.54. The maximum Gasteiger partial charge on any atom is 0.162 e. The third-order valence-corrected chi connectivity index (χ3v) is 4.27. The fourth-order valence-corrected chi connectivity index (χ4v) is 3.05. The lowest BCUT2D eigenvalue weighted by Gasteiger charge is -2.30. The van der Waals surface area contributed by atoms with Crippen LogP contribution in [-0.4, -0.2) is 17.8 Å². The third kappa shape index (κ3) is 5.44. The summed E-state index contributed by atoms with van der Waals surface area (Å²) >= 11 is 0. The monoisotopic (exact) mass is 294 g/mol. The van der Waals surface area contributed by atoms with E-state index in [9.17, 15) is 0 Å². The van der Waals surface area contributed by atoms with Crippen molar-refractivity contribution in [2.75, 3.05) is 6.54 Å². The molecular weight excluding hydrogens is 264 g/mol. The van der Waals surface area contributed by atoms with Gasteiger partial charge in [0.05, 0.1) is 11.8 Å². The Morgan fingerprint density at radius 1 is 1.38 bits per heavy atom. The van der Waals surface area contributed by atoms with Crippen LogP contribution in [0.25, 0.3) is 0 Å². The molecule has 1 saturated carbocycles. The summed E-state index contributed by atoms with van der Waals surface area (Å²) in [5.74, 6) is 2.21. The van der Waals surface area contributed by atoms with Crippen LogP contribution in [0.2, 0.25) is 0 Å². The summed E-state index contributed by atoms with van der Waals surface area (Å²) in [6.07, 6.45) is 6.76. The van der Waals surface area contributed by atoms with Crippen molar-refractivity contribution in [3.05, 3.63) is 17.5 Å². The lowest BCUT2D eigenvalue weighted by molar-refractivity contribution is -0.0298. The average molecular weight is 294 g/mol. The number of hydrogen-bond donors (Lipinski definition) is 1. The first kappa shape index (κ1) is 16.5. The molecule has 0 aliphatic heterocycles. The predicted molar refractivity (Wildman–Crippen MR) is 83.9 cm³/mol. The van der Waals surface area contributed by atoms with Crippen LogP contribution in [0.5, 0.6) is 0 Å². The first-order valence-electron chi connectivity index (χ1n) is 8.45. The van der Waals surface area contributed by atoms with Gasteiger partial charge in [-0.05, 0) is 31.2 Å². The fourth-order valence-electron chi connectivity index (χ4n) is 3.05. The standard InChI is InChI=1S/C17H30N2O2/c1-4-14-7-5-6-8-17(14)20-12-16-9-15(19-21-16)11-18-10-13(2)3/h9,13-14,17-18H,4-8,10-12H2,1-3H3. The van der Waals surface area contributed by atoms with Crippen molar-refractivity contribution >= 4 is 0 Å². The van der Waals surface area contributed by atoms with Crippen molar-refractivity contribution in [1.29, 1.82) is 0 Å². The highest BCUT2D eigenvalue weighted by Gasteiger charge is 2.24. The normalized spacial score (nSPS) is 22.9. The van der Waals surface area contributed by atoms with E-state index < -0.39 is 0 Å². The second-order valence-electron chi connectivity index (χ2n) is 6.61. The van der Waals surface area contributed by atoms with E-state index >= 15 is 0 Å². The van der Waals surface area contributed by atoms with Crippen LogP contribution < -0.4 is 5.32 Å². The molecule has 4 heteroatoms. The summed E-state index contributed by atoms with van der Waals surface area (Å²) in [6.45, 7) is 8.98. The van der Waals surface area contributed by atoms with Gasteiger partial charge in [0.15, 0.2) is 5.76 Å². The van der Waals surface area contributed by atoms with Crippen LogP contribution in [0.1, 0.15) is 64.3 Å². The van der Waals surface area contributed by atoms with Crippen LogP contribution in [0.15, 0.2) is 10.6 Å². The molecule has 0 radical (unpaired) electrons. The highest BCUT2D eigenvalue weighted by Crippen LogP contribution is 2.29. The molecule has 1 aliphatic rings. The SMILES string of the molecule is CCC1CCCCC1OCc1cc(CNCC(C)C)no1. The van der Waals surface area contributed by atoms with Crippen molar-refractivity contribution in [2.45, 2.75) is 72.1 Å². The van der Waals surface area contributed by atoms with Gasteiger partial charge in [-0.1, -0.05) is 45.2 Å². The molecule has 2 unspecified atom stereocenters. The molecule has 1 aromatic heterocycles. The van der Waals surface area contributed by atoms with Crippen LogP contribution in [0, 0.1) is 11.8 Å². The van der Waals surface area contributed by atoms with Gasteiger partial charge in [-0.15, -0.1) is 0 Å². The molecule has 0 spiro atoms. The van der Waals surface area contributed by atoms with E-state index in [1.165, 1.54) is 32.1 Å². The van der Waals surface area contributed by atoms with Gasteiger partial charge < -0.3 is 14.6 Å². The fraction of sp³-hybridized carbons (Fsp3) is 0.824. The molecule has 1 fully saturated rings. The van der Waals surface area contributed by atoms with E-state index in [0.717, 1.165) is 24.5 Å². The van der Waals surface area contributed by atoms with Crippen molar-refractivity contribution in [3.63, 3.8) is 0 Å². The number of nitrogens with one attached hydrogen (secondary N) is 1. The first-order chi connectivity index (χ1) is 10.2. The molecular formula is C17H30N2O2. The molecule has 4 nitrogen and oxygen atoms in total. The highest BCUT2D eigenvalue weighted by atomic mass is 16.5. The molecule has 1 aromatic rings. The van der Waals surface area contributed by atoms with Crippen molar-refractivity contribution < 1.29 is 9.26 Å². The Morgan fingerprint density at radius 2 is 2.19 bits per heavy atom. The van der Waals surface area contributed by atoms with Crippen LogP contribution in [-0.2, 0) is 17.9 Å². The Bertz CT molecular complexity index is 403. The van der Waals surface area contributed by atoms with Crippen LogP contribution in [0.3, 0.4) is 0 Å². The van der Waals surface area contributed by atoms with Gasteiger partial charge in [0, 0.05) is 12.6 Å². The van der Waals surface area contributed by atoms with Gasteiger partial charge in [-0.25, -0.2) is 0 Å². The smallest absolute Gasteiger partial charge is 0.162 e. The molecule has 2 rings (SSSR count). The van der Waals surface area contributed by atoms with E-state index in [-0.39, 0.29) is 0 Å². The zero-order chi connectivity index (χ0) is 15.1. The Kier molecular flexibility index (Phi) is 6.71. The molecule has 0 aromatic carbocycles. The number of aromatic nitrogens is 1. The molecule has 1 aliphatic carbocycles. The van der Waals surface area contributed by atoms with Gasteiger partial charge in [0.25, 0.3) is 0 Å². The van der Waals surface area contributed by atoms with Gasteiger partial charge in [0.1, 0.15) is 6.61 Å². The first-order valence-corrected chi connectivity index (χ1v) is 8.45. The molecule has 120 valence electrons. The molecule has 1 heterocycles. The van der Waals surface area contributed by atoms with E-state index in [4.69, 9.17) is 9.26 Å². The average Bonchev–Trinajstić information content (AvgIpc) is 2.93. The summed E-state index contributed by atoms with van der Waals surface area (Å²) in [6, 6.07) is 2.01. The molecule has 0 amide bonds. The molecule has 21 heavy (non-hydrogen) atoms. The van der Waals surface area contributed by atoms with Gasteiger partial charge in [0.2, 0.25) is 0 Å². The maximum absolute atomic E-state index is 6.07. The quantitative estimate of drug-likeness (QED) is 0.789. The van der Waals surface area contributed by atoms with E-state index in [0.29, 0.717) is 24.5 Å². The number of nitrogens with zero attached hydrogens (tertiary/aromatic N) is 1. The predicted octanol–water partition coefficient (Wildman–Crippen LogP) is 3.91. The lowest BCUT2D eigenvalue weighted by Crippen LogP contribution is -2.27. The third-order valence-electron chi connectivity index (χ3n) is 4.27. The molecule has 2 atom stereocenters. The zero-order valence-corrected chi connectivity index (χ0v) is 13.7. The summed E-state index contributed by atoms with van der Waals surface area (Å²) in [4.78, 5) is 0. The minimum absolute atomic E-state index is 0.399. The number of hydrogen-bond acceptors (Lipinski definition) is 4. The van der Waals surface area contributed by atoms with Gasteiger partial charge in [-0.2, -0.15) is 0 Å². The zero-order valence-electron chi connectivity index (χ0n) is 13.7. The Hall–Kier alpha value is -0.870. The Balaban J connectivity index is 1.74. The van der Waals surface area contributed by atoms with Crippen molar-refractivity contribution in [1.82, 2.24) is 10.5 Å². The lowest BCUT2D eigenvalue weighted by atomic mass is 9.85. The number of rotatable bonds is 8. The van der Waals surface area contributed by atoms with Crippen LogP contribution in [0.4, 0.5) is 0 Å². The molecule has 1 N–H and O–H groups in total. The minimum atomic E-state index is 0.399. The van der Waals surface area contributed by atoms with E-state index in [2.05, 4.69) is 31.2 Å². The largest absolute Gasteiger partial charge is 0.370 e. The van der Waals surface area contributed by atoms with E-state index in [1.54, 1.807) is 0 Å². The van der Waals surface area contributed by atoms with Crippen molar-refractivity contribution in [2.24, 2.45) is 11.8 Å². The second-order valence-corrected chi connectivity index (χ2v) is 6.61. The summed E-state index contributed by atoms with van der Waals surface area (Å²) in [5.41, 5.74) is 0.963. The Labute approximate surface area is 128 Å². The van der Waals surface area contributed by atoms with Crippen LogP contribution >= 0.6 is 0 Å². The van der Waals surface area contributed by atoms with Gasteiger partial charge in [-0.3, -0.25) is 0 Å². The van der Waals surface area contributed by atoms with Gasteiger partial charge >= 0.3 is 0 Å². The highest BCUT2D eigenvalue weighted by molar-refractivity contribution is 5.04. The Morgan fingerprint density at radius 3 is 2.95 bits per heavy atom. The summed E-state index contributed by atoms with van der Waals surface area (Å²) < 4.78 is 11.4. The maximum atomic E-state index is 6.07. The minimum Gasteiger partial charge on any atom is -0.370 e. The van der Waals surface area contributed by atoms with Crippen molar-refractivity contribution in [3.8, 4) is 0 Å². The number of ether oxygens (including phenoxy) is 1. The summed E-state index contributed by atoms with van der Waals surface area (Å²) in [7, 11) is 0. The topological polar surface area (TPSA) is 47.3 Å². The molecule has 0 bridgehead atoms. The molecule has 0 saturated heterocycles.